The highest BCUT2D eigenvalue weighted by atomic mass is 32.1. The molecule has 1 fully saturated rings. The highest BCUT2D eigenvalue weighted by Crippen LogP contribution is 2.23. The number of hydrogen-bond acceptors (Lipinski definition) is 6. The van der Waals surface area contributed by atoms with Gasteiger partial charge in [0.2, 0.25) is 0 Å². The predicted octanol–water partition coefficient (Wildman–Crippen LogP) is 0.358. The molecule has 0 radical (unpaired) electrons. The summed E-state index contributed by atoms with van der Waals surface area (Å²) in [4.78, 5) is 17.0. The van der Waals surface area contributed by atoms with E-state index >= 15 is 0 Å². The quantitative estimate of drug-likeness (QED) is 0.805. The molecule has 0 bridgehead atoms. The number of aryl methyl sites for hydroxylation is 1. The number of thiazole rings is 1. The molecule has 1 aliphatic rings. The average Bonchev–Trinajstić information content (AvgIpc) is 2.85. The summed E-state index contributed by atoms with van der Waals surface area (Å²) in [5.41, 5.74) is 0.810. The third kappa shape index (κ3) is 3.41. The number of aliphatic hydroxyl groups excluding tert-OH is 1. The first-order chi connectivity index (χ1) is 8.69. The molecule has 1 saturated heterocycles. The summed E-state index contributed by atoms with van der Waals surface area (Å²) in [7, 11) is 0. The number of morpholine rings is 1. The number of anilines is 1. The summed E-state index contributed by atoms with van der Waals surface area (Å²) < 4.78 is 5.37. The van der Waals surface area contributed by atoms with E-state index < -0.39 is 5.97 Å². The van der Waals surface area contributed by atoms with Gasteiger partial charge in [-0.05, 0) is 0 Å². The number of carbonyl (C=O) groups is 1. The molecule has 18 heavy (non-hydrogen) atoms. The van der Waals surface area contributed by atoms with E-state index in [0.29, 0.717) is 19.6 Å². The third-order valence-electron chi connectivity index (χ3n) is 2.75. The second-order valence-corrected chi connectivity index (χ2v) is 4.97. The molecule has 1 aromatic heterocycles. The Bertz CT molecular complexity index is 410. The van der Waals surface area contributed by atoms with Crippen LogP contribution in [0.5, 0.6) is 0 Å². The standard InChI is InChI=1S/C11H16N2O4S/c14-6-9-5-13(3-4-17-9)11-12-8(7-18-11)1-2-10(15)16/h7,9,14H,1-6H2,(H,15,16). The molecule has 100 valence electrons. The van der Waals surface area contributed by atoms with E-state index in [1.165, 1.54) is 11.3 Å². The summed E-state index contributed by atoms with van der Waals surface area (Å²) in [5, 5.41) is 20.5. The number of aromatic nitrogens is 1. The lowest BCUT2D eigenvalue weighted by atomic mass is 10.2. The Hall–Kier alpha value is -1.18. The predicted molar refractivity (Wildman–Crippen MR) is 67.1 cm³/mol. The van der Waals surface area contributed by atoms with Gasteiger partial charge in [0.25, 0.3) is 0 Å². The molecule has 0 saturated carbocycles. The zero-order valence-corrected chi connectivity index (χ0v) is 10.7. The van der Waals surface area contributed by atoms with Crippen LogP contribution in [-0.4, -0.2) is 53.6 Å². The fourth-order valence-electron chi connectivity index (χ4n) is 1.79. The van der Waals surface area contributed by atoms with E-state index in [1.807, 2.05) is 5.38 Å². The highest BCUT2D eigenvalue weighted by Gasteiger charge is 2.21. The normalized spacial score (nSPS) is 20.1. The number of ether oxygens (including phenoxy) is 1. The van der Waals surface area contributed by atoms with Crippen LogP contribution < -0.4 is 4.90 Å². The van der Waals surface area contributed by atoms with Crippen molar-refractivity contribution in [2.45, 2.75) is 18.9 Å². The summed E-state index contributed by atoms with van der Waals surface area (Å²) >= 11 is 1.50. The minimum Gasteiger partial charge on any atom is -0.481 e. The maximum atomic E-state index is 10.5. The van der Waals surface area contributed by atoms with Gasteiger partial charge in [0.15, 0.2) is 5.13 Å². The van der Waals surface area contributed by atoms with Crippen molar-refractivity contribution in [1.82, 2.24) is 4.98 Å². The van der Waals surface area contributed by atoms with Crippen molar-refractivity contribution in [3.8, 4) is 0 Å². The molecule has 0 amide bonds. The van der Waals surface area contributed by atoms with E-state index in [2.05, 4.69) is 9.88 Å². The van der Waals surface area contributed by atoms with Crippen molar-refractivity contribution >= 4 is 22.4 Å². The minimum atomic E-state index is -0.809. The molecule has 6 nitrogen and oxygen atoms in total. The first kappa shape index (κ1) is 13.3. The van der Waals surface area contributed by atoms with E-state index in [-0.39, 0.29) is 19.1 Å². The maximum absolute atomic E-state index is 10.5. The van der Waals surface area contributed by atoms with Crippen LogP contribution in [-0.2, 0) is 16.0 Å². The Morgan fingerprint density at radius 3 is 3.22 bits per heavy atom. The second kappa shape index (κ2) is 6.12. The van der Waals surface area contributed by atoms with Crippen molar-refractivity contribution in [2.24, 2.45) is 0 Å². The molecule has 0 aromatic carbocycles. The molecule has 1 aromatic rings. The van der Waals surface area contributed by atoms with E-state index in [9.17, 15) is 4.79 Å². The Morgan fingerprint density at radius 2 is 2.50 bits per heavy atom. The fraction of sp³-hybridized carbons (Fsp3) is 0.636. The van der Waals surface area contributed by atoms with Gasteiger partial charge in [-0.25, -0.2) is 4.98 Å². The van der Waals surface area contributed by atoms with Gasteiger partial charge in [-0.2, -0.15) is 0 Å². The lowest BCUT2D eigenvalue weighted by Gasteiger charge is -2.31. The second-order valence-electron chi connectivity index (χ2n) is 4.14. The number of hydrogen-bond donors (Lipinski definition) is 2. The molecule has 2 heterocycles. The van der Waals surface area contributed by atoms with Crippen LogP contribution in [0.2, 0.25) is 0 Å². The van der Waals surface area contributed by atoms with Crippen molar-refractivity contribution in [2.75, 3.05) is 31.2 Å². The van der Waals surface area contributed by atoms with Gasteiger partial charge in [0.1, 0.15) is 0 Å². The third-order valence-corrected chi connectivity index (χ3v) is 3.70. The molecule has 0 aliphatic carbocycles. The van der Waals surface area contributed by atoms with Gasteiger partial charge in [-0.15, -0.1) is 11.3 Å². The minimum absolute atomic E-state index is 0.00769. The van der Waals surface area contributed by atoms with Crippen LogP contribution in [0.3, 0.4) is 0 Å². The van der Waals surface area contributed by atoms with Gasteiger partial charge in [-0.3, -0.25) is 4.79 Å². The van der Waals surface area contributed by atoms with Gasteiger partial charge in [0.05, 0.1) is 31.4 Å². The maximum Gasteiger partial charge on any atom is 0.303 e. The SMILES string of the molecule is O=C(O)CCc1csc(N2CCOC(CO)C2)n1. The number of aliphatic hydroxyl groups is 1. The van der Waals surface area contributed by atoms with E-state index in [0.717, 1.165) is 17.4 Å². The van der Waals surface area contributed by atoms with Crippen LogP contribution in [0.15, 0.2) is 5.38 Å². The van der Waals surface area contributed by atoms with Crippen molar-refractivity contribution in [3.63, 3.8) is 0 Å². The average molecular weight is 272 g/mol. The lowest BCUT2D eigenvalue weighted by molar-refractivity contribution is -0.136. The summed E-state index contributed by atoms with van der Waals surface area (Å²) in [6.45, 7) is 1.97. The smallest absolute Gasteiger partial charge is 0.303 e. The van der Waals surface area contributed by atoms with E-state index in [1.54, 1.807) is 0 Å². The molecule has 7 heteroatoms. The zero-order chi connectivity index (χ0) is 13.0. The Morgan fingerprint density at radius 1 is 1.67 bits per heavy atom. The fourth-order valence-corrected chi connectivity index (χ4v) is 2.69. The topological polar surface area (TPSA) is 82.9 Å². The summed E-state index contributed by atoms with van der Waals surface area (Å²) in [6.07, 6.45) is 0.399. The van der Waals surface area contributed by atoms with Crippen molar-refractivity contribution in [1.29, 1.82) is 0 Å². The molecule has 0 spiro atoms. The first-order valence-corrected chi connectivity index (χ1v) is 6.70. The zero-order valence-electron chi connectivity index (χ0n) is 9.91. The number of carboxylic acids is 1. The van der Waals surface area contributed by atoms with Crippen LogP contribution >= 0.6 is 11.3 Å². The number of rotatable bonds is 5. The van der Waals surface area contributed by atoms with E-state index in [4.69, 9.17) is 14.9 Å². The molecular formula is C11H16N2O4S. The molecule has 1 unspecified atom stereocenters. The summed E-state index contributed by atoms with van der Waals surface area (Å²) in [6, 6.07) is 0. The van der Waals surface area contributed by atoms with Crippen LogP contribution in [0, 0.1) is 0 Å². The molecule has 2 rings (SSSR count). The lowest BCUT2D eigenvalue weighted by Crippen LogP contribution is -2.44. The molecule has 2 N–H and O–H groups in total. The Kier molecular flexibility index (Phi) is 4.51. The monoisotopic (exact) mass is 272 g/mol. The van der Waals surface area contributed by atoms with Gasteiger partial charge in [-0.1, -0.05) is 0 Å². The molecule has 1 aliphatic heterocycles. The molecule has 1 atom stereocenters. The molecular weight excluding hydrogens is 256 g/mol. The van der Waals surface area contributed by atoms with Gasteiger partial charge in [0, 0.05) is 24.9 Å². The highest BCUT2D eigenvalue weighted by molar-refractivity contribution is 7.13. The summed E-state index contributed by atoms with van der Waals surface area (Å²) in [5.74, 6) is -0.809. The van der Waals surface area contributed by atoms with Crippen molar-refractivity contribution in [3.05, 3.63) is 11.1 Å². The van der Waals surface area contributed by atoms with Crippen LogP contribution in [0.25, 0.3) is 0 Å². The first-order valence-electron chi connectivity index (χ1n) is 5.82. The number of aliphatic carboxylic acids is 1. The largest absolute Gasteiger partial charge is 0.481 e. The van der Waals surface area contributed by atoms with Crippen LogP contribution in [0.1, 0.15) is 12.1 Å². The van der Waals surface area contributed by atoms with Gasteiger partial charge >= 0.3 is 5.97 Å². The van der Waals surface area contributed by atoms with Gasteiger partial charge < -0.3 is 19.8 Å². The number of nitrogens with zero attached hydrogens (tertiary/aromatic N) is 2. The van der Waals surface area contributed by atoms with Crippen molar-refractivity contribution < 1.29 is 19.7 Å². The van der Waals surface area contributed by atoms with Crippen LogP contribution in [0.4, 0.5) is 5.13 Å². The Labute approximate surface area is 109 Å². The Balaban J connectivity index is 1.94. The number of carboxylic acid groups (broad SMARTS) is 1.